The molecule has 1 atom stereocenters. The van der Waals surface area contributed by atoms with Crippen LogP contribution in [0.5, 0.6) is 0 Å². The number of para-hydroxylation sites is 3. The predicted octanol–water partition coefficient (Wildman–Crippen LogP) is 6.79. The highest BCUT2D eigenvalue weighted by atomic mass is 79.9. The fraction of sp³-hybridized carbons (Fsp3) is 0.250. The van der Waals surface area contributed by atoms with Crippen LogP contribution in [0.25, 0.3) is 16.6 Å². The number of nitrogens with zero attached hydrogens (tertiary/aromatic N) is 3. The van der Waals surface area contributed by atoms with Crippen LogP contribution >= 0.6 is 15.9 Å². The molecule has 0 bridgehead atoms. The molecular formula is C28H29BrN4O2. The lowest BCUT2D eigenvalue weighted by molar-refractivity contribution is 0.171. The molecule has 1 unspecified atom stereocenters. The molecule has 6 nitrogen and oxygen atoms in total. The molecule has 0 aliphatic rings. The average Bonchev–Trinajstić information content (AvgIpc) is 2.86. The summed E-state index contributed by atoms with van der Waals surface area (Å²) in [6, 6.07) is 23.7. The van der Waals surface area contributed by atoms with Gasteiger partial charge >= 0.3 is 6.03 Å². The molecule has 35 heavy (non-hydrogen) atoms. The van der Waals surface area contributed by atoms with Crippen molar-refractivity contribution in [3.05, 3.63) is 99.5 Å². The number of carbonyl (C=O) groups excluding carboxylic acids is 1. The first-order chi connectivity index (χ1) is 16.9. The van der Waals surface area contributed by atoms with Crippen molar-refractivity contribution in [2.45, 2.75) is 33.2 Å². The van der Waals surface area contributed by atoms with E-state index in [2.05, 4.69) is 35.1 Å². The minimum atomic E-state index is -0.419. The van der Waals surface area contributed by atoms with E-state index in [-0.39, 0.29) is 17.5 Å². The van der Waals surface area contributed by atoms with Gasteiger partial charge in [-0.25, -0.2) is 9.78 Å². The summed E-state index contributed by atoms with van der Waals surface area (Å²) in [6.07, 6.45) is 0.591. The minimum Gasteiger partial charge on any atom is -0.314 e. The molecule has 4 aromatic rings. The summed E-state index contributed by atoms with van der Waals surface area (Å²) in [5.41, 5.74) is 1.88. The SMILES string of the molecule is CCC(c1nc2ccccc2c(=O)n1-c1ccccc1)N(CC(C)C)C(=O)Nc1ccccc1Br. The largest absolute Gasteiger partial charge is 0.322 e. The molecule has 0 aliphatic heterocycles. The molecule has 180 valence electrons. The van der Waals surface area contributed by atoms with Crippen LogP contribution in [0.3, 0.4) is 0 Å². The summed E-state index contributed by atoms with van der Waals surface area (Å²) in [4.78, 5) is 34.1. The van der Waals surface area contributed by atoms with Gasteiger partial charge in [-0.1, -0.05) is 63.2 Å². The first-order valence-electron chi connectivity index (χ1n) is 11.8. The Balaban J connectivity index is 1.88. The maximum Gasteiger partial charge on any atom is 0.322 e. The molecule has 0 aliphatic carbocycles. The summed E-state index contributed by atoms with van der Waals surface area (Å²) in [5.74, 6) is 0.761. The maximum absolute atomic E-state index is 13.7. The fourth-order valence-corrected chi connectivity index (χ4v) is 4.62. The highest BCUT2D eigenvalue weighted by Gasteiger charge is 2.30. The van der Waals surface area contributed by atoms with Gasteiger partial charge in [-0.3, -0.25) is 9.36 Å². The smallest absolute Gasteiger partial charge is 0.314 e. The molecule has 4 rings (SSSR count). The molecule has 1 aromatic heterocycles. The quantitative estimate of drug-likeness (QED) is 0.285. The van der Waals surface area contributed by atoms with Crippen LogP contribution in [0.4, 0.5) is 10.5 Å². The van der Waals surface area contributed by atoms with Crippen molar-refractivity contribution < 1.29 is 4.79 Å². The fourth-order valence-electron chi connectivity index (χ4n) is 4.24. The highest BCUT2D eigenvalue weighted by molar-refractivity contribution is 9.10. The molecule has 1 heterocycles. The van der Waals surface area contributed by atoms with Gasteiger partial charge in [0.25, 0.3) is 5.56 Å². The lowest BCUT2D eigenvalue weighted by Crippen LogP contribution is -2.42. The Bertz CT molecular complexity index is 1380. The van der Waals surface area contributed by atoms with Crippen LogP contribution in [0.2, 0.25) is 0 Å². The third-order valence-electron chi connectivity index (χ3n) is 5.82. The van der Waals surface area contributed by atoms with Crippen molar-refractivity contribution in [3.63, 3.8) is 0 Å². The van der Waals surface area contributed by atoms with Crippen LogP contribution < -0.4 is 10.9 Å². The lowest BCUT2D eigenvalue weighted by atomic mass is 10.1. The Morgan fingerprint density at radius 3 is 2.34 bits per heavy atom. The first-order valence-corrected chi connectivity index (χ1v) is 12.6. The number of urea groups is 1. The highest BCUT2D eigenvalue weighted by Crippen LogP contribution is 2.29. The van der Waals surface area contributed by atoms with E-state index >= 15 is 0 Å². The predicted molar refractivity (Wildman–Crippen MR) is 145 cm³/mol. The van der Waals surface area contributed by atoms with E-state index in [1.54, 1.807) is 15.5 Å². The number of anilines is 1. The number of halogens is 1. The Morgan fingerprint density at radius 1 is 1.00 bits per heavy atom. The van der Waals surface area contributed by atoms with Gasteiger partial charge in [-0.15, -0.1) is 0 Å². The second kappa shape index (κ2) is 10.9. The zero-order valence-electron chi connectivity index (χ0n) is 20.1. The summed E-state index contributed by atoms with van der Waals surface area (Å²) in [6.45, 7) is 6.67. The number of hydrogen-bond acceptors (Lipinski definition) is 3. The standard InChI is InChI=1S/C28H29BrN4O2/c1-4-25(32(18-19(2)3)28(35)31-24-17-11-9-15-22(24)29)26-30-23-16-10-8-14-21(23)27(34)33(26)20-12-6-5-7-13-20/h5-17,19,25H,4,18H2,1-3H3,(H,31,35). The van der Waals surface area contributed by atoms with E-state index in [4.69, 9.17) is 4.98 Å². The van der Waals surface area contributed by atoms with Gasteiger partial charge in [0.15, 0.2) is 0 Å². The lowest BCUT2D eigenvalue weighted by Gasteiger charge is -2.33. The summed E-state index contributed by atoms with van der Waals surface area (Å²) in [7, 11) is 0. The zero-order valence-corrected chi connectivity index (χ0v) is 21.7. The van der Waals surface area contributed by atoms with Crippen molar-refractivity contribution in [3.8, 4) is 5.69 Å². The molecule has 0 saturated carbocycles. The van der Waals surface area contributed by atoms with E-state index in [1.807, 2.05) is 79.7 Å². The van der Waals surface area contributed by atoms with Crippen LogP contribution in [0.15, 0.2) is 88.1 Å². The molecule has 0 spiro atoms. The van der Waals surface area contributed by atoms with E-state index in [0.29, 0.717) is 35.4 Å². The molecule has 1 N–H and O–H groups in total. The molecule has 2 amide bonds. The molecule has 7 heteroatoms. The van der Waals surface area contributed by atoms with Crippen LogP contribution in [0.1, 0.15) is 39.1 Å². The van der Waals surface area contributed by atoms with E-state index in [1.165, 1.54) is 0 Å². The first kappa shape index (κ1) is 24.7. The van der Waals surface area contributed by atoms with Crippen molar-refractivity contribution in [1.29, 1.82) is 0 Å². The van der Waals surface area contributed by atoms with E-state index in [9.17, 15) is 9.59 Å². The van der Waals surface area contributed by atoms with Gasteiger partial charge in [-0.2, -0.15) is 0 Å². The van der Waals surface area contributed by atoms with Crippen molar-refractivity contribution in [1.82, 2.24) is 14.5 Å². The third kappa shape index (κ3) is 5.30. The van der Waals surface area contributed by atoms with Gasteiger partial charge in [0, 0.05) is 11.0 Å². The summed E-state index contributed by atoms with van der Waals surface area (Å²) < 4.78 is 2.45. The van der Waals surface area contributed by atoms with Gasteiger partial charge in [-0.05, 0) is 64.7 Å². The second-order valence-corrected chi connectivity index (χ2v) is 9.70. The van der Waals surface area contributed by atoms with Crippen molar-refractivity contribution in [2.75, 3.05) is 11.9 Å². The van der Waals surface area contributed by atoms with Gasteiger partial charge in [0.2, 0.25) is 0 Å². The average molecular weight is 533 g/mol. The number of amides is 2. The van der Waals surface area contributed by atoms with Crippen LogP contribution in [-0.4, -0.2) is 27.0 Å². The third-order valence-corrected chi connectivity index (χ3v) is 6.51. The Kier molecular flexibility index (Phi) is 7.66. The Morgan fingerprint density at radius 2 is 1.66 bits per heavy atom. The molecular weight excluding hydrogens is 504 g/mol. The number of hydrogen-bond donors (Lipinski definition) is 1. The van der Waals surface area contributed by atoms with Gasteiger partial charge < -0.3 is 10.2 Å². The zero-order chi connectivity index (χ0) is 24.9. The van der Waals surface area contributed by atoms with Crippen LogP contribution in [0, 0.1) is 5.92 Å². The monoisotopic (exact) mass is 532 g/mol. The number of carbonyl (C=O) groups is 1. The van der Waals surface area contributed by atoms with Gasteiger partial charge in [0.1, 0.15) is 5.82 Å². The topological polar surface area (TPSA) is 67.2 Å². The number of benzene rings is 3. The van der Waals surface area contributed by atoms with Crippen LogP contribution in [-0.2, 0) is 0 Å². The molecule has 3 aromatic carbocycles. The molecule has 0 fully saturated rings. The number of fused-ring (bicyclic) bond motifs is 1. The Labute approximate surface area is 213 Å². The number of aromatic nitrogens is 2. The number of nitrogens with one attached hydrogen (secondary N) is 1. The second-order valence-electron chi connectivity index (χ2n) is 8.84. The van der Waals surface area contributed by atoms with E-state index < -0.39 is 6.04 Å². The van der Waals surface area contributed by atoms with Gasteiger partial charge in [0.05, 0.1) is 28.3 Å². The normalized spacial score (nSPS) is 12.0. The van der Waals surface area contributed by atoms with Crippen molar-refractivity contribution in [2.24, 2.45) is 5.92 Å². The molecule has 0 radical (unpaired) electrons. The number of rotatable bonds is 7. The van der Waals surface area contributed by atoms with E-state index in [0.717, 1.165) is 10.2 Å². The molecule has 0 saturated heterocycles. The summed E-state index contributed by atoms with van der Waals surface area (Å²) in [5, 5.41) is 3.58. The minimum absolute atomic E-state index is 0.147. The summed E-state index contributed by atoms with van der Waals surface area (Å²) >= 11 is 3.51. The van der Waals surface area contributed by atoms with Crippen molar-refractivity contribution >= 4 is 38.6 Å². The Hall–Kier alpha value is -3.45. The maximum atomic E-state index is 13.7.